The van der Waals surface area contributed by atoms with Crippen LogP contribution in [0.2, 0.25) is 0 Å². The number of aromatic hydroxyl groups is 1. The number of furan rings is 1. The third-order valence-electron chi connectivity index (χ3n) is 4.85. The smallest absolute Gasteiger partial charge is 0.258 e. The van der Waals surface area contributed by atoms with Crippen LogP contribution in [0.3, 0.4) is 0 Å². The highest BCUT2D eigenvalue weighted by Crippen LogP contribution is 2.40. The molecule has 1 aromatic heterocycles. The highest BCUT2D eigenvalue weighted by Gasteiger charge is 2.37. The van der Waals surface area contributed by atoms with E-state index in [2.05, 4.69) is 0 Å². The summed E-state index contributed by atoms with van der Waals surface area (Å²) in [7, 11) is 3.45. The Kier molecular flexibility index (Phi) is 4.24. The number of benzene rings is 2. The molecule has 3 aromatic rings. The molecule has 6 nitrogen and oxygen atoms in total. The lowest BCUT2D eigenvalue weighted by molar-refractivity contribution is 0.0619. The summed E-state index contributed by atoms with van der Waals surface area (Å²) >= 11 is 0. The van der Waals surface area contributed by atoms with Gasteiger partial charge >= 0.3 is 0 Å². The molecular formula is C21H20N2O4. The van der Waals surface area contributed by atoms with Crippen LogP contribution in [-0.4, -0.2) is 30.1 Å². The molecule has 1 atom stereocenters. The summed E-state index contributed by atoms with van der Waals surface area (Å²) in [6.45, 7) is 0.332. The van der Waals surface area contributed by atoms with Crippen LogP contribution in [0.15, 0.2) is 65.3 Å². The van der Waals surface area contributed by atoms with Crippen molar-refractivity contribution in [2.75, 3.05) is 19.1 Å². The van der Waals surface area contributed by atoms with E-state index in [0.717, 1.165) is 11.3 Å². The molecule has 1 N–H and O–H groups in total. The number of amides is 1. The largest absolute Gasteiger partial charge is 0.504 e. The Labute approximate surface area is 157 Å². The number of methoxy groups -OCH3 is 1. The van der Waals surface area contributed by atoms with Crippen molar-refractivity contribution in [3.05, 3.63) is 77.7 Å². The quantitative estimate of drug-likeness (QED) is 0.763. The molecule has 4 rings (SSSR count). The Balaban J connectivity index is 1.83. The van der Waals surface area contributed by atoms with Gasteiger partial charge in [0.15, 0.2) is 11.5 Å². The molecule has 1 amide bonds. The van der Waals surface area contributed by atoms with Gasteiger partial charge in [0.2, 0.25) is 0 Å². The third-order valence-corrected chi connectivity index (χ3v) is 4.85. The Morgan fingerprint density at radius 1 is 1.15 bits per heavy atom. The number of ether oxygens (including phenoxy) is 1. The first kappa shape index (κ1) is 17.0. The molecule has 1 aliphatic rings. The van der Waals surface area contributed by atoms with E-state index in [1.165, 1.54) is 7.11 Å². The summed E-state index contributed by atoms with van der Waals surface area (Å²) in [6.07, 6.45) is 1.23. The number of phenolic OH excluding ortho intramolecular Hbond substituents is 1. The van der Waals surface area contributed by atoms with Gasteiger partial charge < -0.3 is 24.1 Å². The zero-order valence-corrected chi connectivity index (χ0v) is 15.1. The number of anilines is 1. The average molecular weight is 364 g/mol. The molecule has 0 aliphatic carbocycles. The van der Waals surface area contributed by atoms with Crippen LogP contribution in [0.4, 0.5) is 5.69 Å². The van der Waals surface area contributed by atoms with E-state index in [4.69, 9.17) is 9.15 Å². The minimum atomic E-state index is -0.369. The van der Waals surface area contributed by atoms with E-state index in [9.17, 15) is 9.90 Å². The first-order valence-electron chi connectivity index (χ1n) is 8.62. The van der Waals surface area contributed by atoms with Crippen LogP contribution in [0.25, 0.3) is 0 Å². The molecule has 0 bridgehead atoms. The third kappa shape index (κ3) is 2.89. The number of carbonyl (C=O) groups is 1. The first-order chi connectivity index (χ1) is 13.1. The van der Waals surface area contributed by atoms with Gasteiger partial charge in [0, 0.05) is 7.05 Å². The maximum atomic E-state index is 13.3. The summed E-state index contributed by atoms with van der Waals surface area (Å²) in [4.78, 5) is 17.1. The van der Waals surface area contributed by atoms with Gasteiger partial charge in [-0.05, 0) is 42.0 Å². The number of para-hydroxylation sites is 1. The van der Waals surface area contributed by atoms with E-state index < -0.39 is 0 Å². The number of fused-ring (bicyclic) bond motifs is 1. The van der Waals surface area contributed by atoms with Crippen LogP contribution < -0.4 is 9.64 Å². The zero-order chi connectivity index (χ0) is 19.0. The fourth-order valence-electron chi connectivity index (χ4n) is 3.56. The first-order valence-corrected chi connectivity index (χ1v) is 8.62. The van der Waals surface area contributed by atoms with Crippen molar-refractivity contribution in [1.82, 2.24) is 4.90 Å². The lowest BCUT2D eigenvalue weighted by atomic mass is 10.0. The molecule has 0 spiro atoms. The number of nitrogens with zero attached hydrogens (tertiary/aromatic N) is 2. The van der Waals surface area contributed by atoms with Gasteiger partial charge in [0.25, 0.3) is 5.91 Å². The summed E-state index contributed by atoms with van der Waals surface area (Å²) in [5.41, 5.74) is 2.34. The Morgan fingerprint density at radius 2 is 1.96 bits per heavy atom. The van der Waals surface area contributed by atoms with Crippen molar-refractivity contribution in [3.8, 4) is 11.5 Å². The second-order valence-corrected chi connectivity index (χ2v) is 6.45. The molecule has 2 aromatic carbocycles. The SMILES string of the molecule is COc1cc([C@@H]2N(Cc3ccco3)C(=O)c3ccccc3N2C)ccc1O. The minimum Gasteiger partial charge on any atom is -0.504 e. The molecule has 0 unspecified atom stereocenters. The van der Waals surface area contributed by atoms with E-state index in [-0.39, 0.29) is 17.8 Å². The predicted molar refractivity (Wildman–Crippen MR) is 101 cm³/mol. The molecule has 1 aliphatic heterocycles. The molecule has 0 fully saturated rings. The lowest BCUT2D eigenvalue weighted by Crippen LogP contribution is -2.47. The number of hydrogen-bond donors (Lipinski definition) is 1. The molecule has 138 valence electrons. The maximum absolute atomic E-state index is 13.3. The van der Waals surface area contributed by atoms with Crippen molar-refractivity contribution in [1.29, 1.82) is 0 Å². The second kappa shape index (κ2) is 6.72. The number of rotatable bonds is 4. The Bertz CT molecular complexity index is 968. The molecule has 6 heteroatoms. The second-order valence-electron chi connectivity index (χ2n) is 6.45. The van der Waals surface area contributed by atoms with E-state index in [0.29, 0.717) is 23.6 Å². The van der Waals surface area contributed by atoms with Gasteiger partial charge in [-0.2, -0.15) is 0 Å². The van der Waals surface area contributed by atoms with Crippen molar-refractivity contribution in [2.45, 2.75) is 12.7 Å². The van der Waals surface area contributed by atoms with Gasteiger partial charge in [-0.3, -0.25) is 4.79 Å². The molecule has 0 saturated heterocycles. The number of hydrogen-bond acceptors (Lipinski definition) is 5. The average Bonchev–Trinajstić information content (AvgIpc) is 3.20. The standard InChI is InChI=1S/C21H20N2O4/c1-22-17-8-4-3-7-16(17)21(25)23(13-15-6-5-11-27-15)20(22)14-9-10-18(24)19(12-14)26-2/h3-12,20,24H,13H2,1-2H3/t20-/m0/s1. The fourth-order valence-corrected chi connectivity index (χ4v) is 3.56. The van der Waals surface area contributed by atoms with Gasteiger partial charge in [-0.25, -0.2) is 0 Å². The predicted octanol–water partition coefficient (Wildman–Crippen LogP) is 3.78. The van der Waals surface area contributed by atoms with Crippen LogP contribution in [0.5, 0.6) is 11.5 Å². The summed E-state index contributed by atoms with van der Waals surface area (Å²) in [6, 6.07) is 16.3. The summed E-state index contributed by atoms with van der Waals surface area (Å²) in [5.74, 6) is 1.05. The zero-order valence-electron chi connectivity index (χ0n) is 15.1. The van der Waals surface area contributed by atoms with Crippen LogP contribution >= 0.6 is 0 Å². The topological polar surface area (TPSA) is 66.2 Å². The summed E-state index contributed by atoms with van der Waals surface area (Å²) < 4.78 is 10.7. The molecule has 0 radical (unpaired) electrons. The normalized spacial score (nSPS) is 16.4. The summed E-state index contributed by atoms with van der Waals surface area (Å²) in [5, 5.41) is 9.95. The highest BCUT2D eigenvalue weighted by molar-refractivity contribution is 6.02. The lowest BCUT2D eigenvalue weighted by Gasteiger charge is -2.43. The van der Waals surface area contributed by atoms with Gasteiger partial charge in [-0.1, -0.05) is 18.2 Å². The van der Waals surface area contributed by atoms with Crippen LogP contribution in [-0.2, 0) is 6.54 Å². The molecule has 0 saturated carbocycles. The van der Waals surface area contributed by atoms with E-state index >= 15 is 0 Å². The van der Waals surface area contributed by atoms with Gasteiger partial charge in [0.05, 0.1) is 31.2 Å². The number of carbonyl (C=O) groups excluding carboxylic acids is 1. The van der Waals surface area contributed by atoms with Gasteiger partial charge in [-0.15, -0.1) is 0 Å². The molecule has 27 heavy (non-hydrogen) atoms. The fraction of sp³-hybridized carbons (Fsp3) is 0.190. The van der Waals surface area contributed by atoms with Gasteiger partial charge in [0.1, 0.15) is 11.9 Å². The minimum absolute atomic E-state index is 0.0593. The molecular weight excluding hydrogens is 344 g/mol. The maximum Gasteiger partial charge on any atom is 0.258 e. The molecule has 2 heterocycles. The van der Waals surface area contributed by atoms with Crippen molar-refractivity contribution in [3.63, 3.8) is 0 Å². The monoisotopic (exact) mass is 364 g/mol. The Morgan fingerprint density at radius 3 is 2.70 bits per heavy atom. The van der Waals surface area contributed by atoms with Crippen molar-refractivity contribution in [2.24, 2.45) is 0 Å². The van der Waals surface area contributed by atoms with Crippen LogP contribution in [0.1, 0.15) is 27.8 Å². The van der Waals surface area contributed by atoms with Crippen molar-refractivity contribution >= 4 is 11.6 Å². The Hall–Kier alpha value is -3.41. The van der Waals surface area contributed by atoms with Crippen LogP contribution in [0, 0.1) is 0 Å². The van der Waals surface area contributed by atoms with E-state index in [1.54, 1.807) is 35.4 Å². The van der Waals surface area contributed by atoms with E-state index in [1.807, 2.05) is 42.3 Å². The van der Waals surface area contributed by atoms with Crippen molar-refractivity contribution < 1.29 is 19.1 Å². The highest BCUT2D eigenvalue weighted by atomic mass is 16.5. The number of phenols is 1.